The Morgan fingerprint density at radius 3 is 2.08 bits per heavy atom. The molecule has 3 aromatic carbocycles. The minimum Gasteiger partial charge on any atom is -0.493 e. The van der Waals surface area contributed by atoms with Crippen LogP contribution in [0.15, 0.2) is 90.7 Å². The lowest BCUT2D eigenvalue weighted by Crippen LogP contribution is -2.43. The summed E-state index contributed by atoms with van der Waals surface area (Å²) in [6.45, 7) is 1.20. The monoisotopic (exact) mass is 549 g/mol. The number of methoxy groups -OCH3 is 2. The van der Waals surface area contributed by atoms with Gasteiger partial charge in [-0.3, -0.25) is 9.05 Å². The molecule has 0 spiro atoms. The van der Waals surface area contributed by atoms with E-state index in [1.54, 1.807) is 14.2 Å². The third kappa shape index (κ3) is 6.07. The third-order valence-corrected chi connectivity index (χ3v) is 9.17. The van der Waals surface area contributed by atoms with Gasteiger partial charge in [0.1, 0.15) is 5.76 Å². The molecule has 0 bridgehead atoms. The molecule has 5 rings (SSSR count). The van der Waals surface area contributed by atoms with Crippen molar-refractivity contribution in [2.24, 2.45) is 0 Å². The molecule has 1 aliphatic heterocycles. The van der Waals surface area contributed by atoms with Crippen LogP contribution < -0.4 is 9.47 Å². The van der Waals surface area contributed by atoms with Crippen LogP contribution in [0.3, 0.4) is 0 Å². The van der Waals surface area contributed by atoms with E-state index in [-0.39, 0.29) is 24.7 Å². The van der Waals surface area contributed by atoms with Gasteiger partial charge in [0.15, 0.2) is 11.5 Å². The summed E-state index contributed by atoms with van der Waals surface area (Å²) in [5, 5.41) is 0. The Bertz CT molecular complexity index is 1280. The summed E-state index contributed by atoms with van der Waals surface area (Å²) in [6.07, 6.45) is 4.39. The Hall–Kier alpha value is -3.09. The fourth-order valence-corrected chi connectivity index (χ4v) is 6.87. The number of ether oxygens (including phenoxy) is 2. The van der Waals surface area contributed by atoms with Crippen molar-refractivity contribution in [2.45, 2.75) is 43.9 Å². The van der Waals surface area contributed by atoms with Crippen molar-refractivity contribution in [1.82, 2.24) is 4.90 Å². The summed E-state index contributed by atoms with van der Waals surface area (Å²) in [5.41, 5.74) is 2.88. The molecule has 39 heavy (non-hydrogen) atoms. The number of hydrogen-bond donors (Lipinski definition) is 0. The van der Waals surface area contributed by atoms with Gasteiger partial charge in [0.2, 0.25) is 0 Å². The van der Waals surface area contributed by atoms with Crippen LogP contribution in [0.25, 0.3) is 0 Å². The lowest BCUT2D eigenvalue weighted by Gasteiger charge is -2.41. The van der Waals surface area contributed by atoms with Crippen molar-refractivity contribution >= 4 is 7.82 Å². The lowest BCUT2D eigenvalue weighted by atomic mass is 9.68. The summed E-state index contributed by atoms with van der Waals surface area (Å²) in [7, 11) is 1.52. The van der Waals surface area contributed by atoms with Gasteiger partial charge in [-0.05, 0) is 61.3 Å². The summed E-state index contributed by atoms with van der Waals surface area (Å²) < 4.78 is 42.9. The van der Waals surface area contributed by atoms with Crippen LogP contribution in [0.1, 0.15) is 36.0 Å². The SMILES string of the molecule is COc1ccc(C23CC=C(OP(=O)(OCc4ccccc4)OCc4ccccc4)CC2N(C)CC3)cc1OC. The van der Waals surface area contributed by atoms with E-state index in [0.29, 0.717) is 17.9 Å². The van der Waals surface area contributed by atoms with Crippen molar-refractivity contribution in [1.29, 1.82) is 0 Å². The highest BCUT2D eigenvalue weighted by Gasteiger charge is 2.50. The zero-order valence-corrected chi connectivity index (χ0v) is 23.6. The number of fused-ring (bicyclic) bond motifs is 1. The van der Waals surface area contributed by atoms with Gasteiger partial charge in [0, 0.05) is 17.9 Å². The third-order valence-electron chi connectivity index (χ3n) is 7.82. The van der Waals surface area contributed by atoms with Crippen molar-refractivity contribution < 1.29 is 27.6 Å². The van der Waals surface area contributed by atoms with Crippen LogP contribution >= 0.6 is 7.82 Å². The molecule has 2 aliphatic rings. The van der Waals surface area contributed by atoms with Crippen LogP contribution in [-0.4, -0.2) is 38.8 Å². The predicted molar refractivity (Wildman–Crippen MR) is 151 cm³/mol. The highest BCUT2D eigenvalue weighted by molar-refractivity contribution is 7.48. The quantitative estimate of drug-likeness (QED) is 0.242. The maximum Gasteiger partial charge on any atom is 0.530 e. The summed E-state index contributed by atoms with van der Waals surface area (Å²) in [5.74, 6) is 2.06. The summed E-state index contributed by atoms with van der Waals surface area (Å²) in [4.78, 5) is 2.35. The van der Waals surface area contributed by atoms with Gasteiger partial charge in [0.25, 0.3) is 0 Å². The average molecular weight is 550 g/mol. The second-order valence-corrected chi connectivity index (χ2v) is 11.7. The largest absolute Gasteiger partial charge is 0.530 e. The van der Waals surface area contributed by atoms with E-state index in [1.165, 1.54) is 5.56 Å². The second-order valence-electron chi connectivity index (χ2n) is 10.1. The molecule has 8 heteroatoms. The van der Waals surface area contributed by atoms with Crippen LogP contribution in [0.2, 0.25) is 0 Å². The Balaban J connectivity index is 1.38. The summed E-state index contributed by atoms with van der Waals surface area (Å²) >= 11 is 0. The molecular weight excluding hydrogens is 513 g/mol. The number of phosphoric acid groups is 1. The molecule has 0 N–H and O–H groups in total. The number of nitrogens with zero attached hydrogens (tertiary/aromatic N) is 1. The minimum atomic E-state index is -3.92. The van der Waals surface area contributed by atoms with E-state index in [9.17, 15) is 4.57 Å². The molecule has 3 aromatic rings. The molecule has 2 atom stereocenters. The van der Waals surface area contributed by atoms with Crippen molar-refractivity contribution in [2.75, 3.05) is 27.8 Å². The lowest BCUT2D eigenvalue weighted by molar-refractivity contribution is 0.112. The van der Waals surface area contributed by atoms with E-state index in [4.69, 9.17) is 23.0 Å². The van der Waals surface area contributed by atoms with Gasteiger partial charge in [0.05, 0.1) is 27.4 Å². The van der Waals surface area contributed by atoms with E-state index in [2.05, 4.69) is 30.2 Å². The van der Waals surface area contributed by atoms with Crippen LogP contribution in [0.5, 0.6) is 11.5 Å². The van der Waals surface area contributed by atoms with Crippen LogP contribution in [0, 0.1) is 0 Å². The molecule has 0 radical (unpaired) electrons. The molecular formula is C31H36NO6P. The van der Waals surface area contributed by atoms with E-state index < -0.39 is 7.82 Å². The fourth-order valence-electron chi connectivity index (χ4n) is 5.64. The van der Waals surface area contributed by atoms with Crippen LogP contribution in [-0.2, 0) is 36.8 Å². The zero-order valence-electron chi connectivity index (χ0n) is 22.7. The fraction of sp³-hybridized carbons (Fsp3) is 0.355. The maximum atomic E-state index is 14.0. The molecule has 0 amide bonds. The normalized spacial score (nSPS) is 21.2. The van der Waals surface area contributed by atoms with Crippen molar-refractivity contribution in [3.63, 3.8) is 0 Å². The van der Waals surface area contributed by atoms with Gasteiger partial charge in [-0.15, -0.1) is 0 Å². The number of rotatable bonds is 11. The van der Waals surface area contributed by atoms with Crippen LogP contribution in [0.4, 0.5) is 0 Å². The van der Waals surface area contributed by atoms with E-state index in [1.807, 2.05) is 66.7 Å². The Morgan fingerprint density at radius 1 is 0.872 bits per heavy atom. The van der Waals surface area contributed by atoms with E-state index >= 15 is 0 Å². The Morgan fingerprint density at radius 2 is 1.49 bits per heavy atom. The smallest absolute Gasteiger partial charge is 0.493 e. The molecule has 0 saturated carbocycles. The first-order valence-electron chi connectivity index (χ1n) is 13.2. The van der Waals surface area contributed by atoms with Gasteiger partial charge in [-0.25, -0.2) is 4.57 Å². The molecule has 1 heterocycles. The maximum absolute atomic E-state index is 14.0. The standard InChI is InChI=1S/C31H36NO6P/c1-32-19-18-31(26-14-15-28(34-2)29(20-26)35-3)17-16-27(21-30(31)32)38-39(33,36-22-24-10-6-4-7-11-24)37-23-25-12-8-5-9-13-25/h4-16,20,30H,17-19,21-23H2,1-3H3. The molecule has 206 valence electrons. The topological polar surface area (TPSA) is 66.5 Å². The zero-order chi connectivity index (χ0) is 27.3. The van der Waals surface area contributed by atoms with Gasteiger partial charge in [-0.1, -0.05) is 66.7 Å². The Kier molecular flexibility index (Phi) is 8.43. The number of phosphoric ester groups is 1. The van der Waals surface area contributed by atoms with Gasteiger partial charge >= 0.3 is 7.82 Å². The number of allylic oxidation sites excluding steroid dienone is 1. The number of benzene rings is 3. The predicted octanol–water partition coefficient (Wildman–Crippen LogP) is 6.88. The molecule has 0 aromatic heterocycles. The first kappa shape index (κ1) is 27.5. The van der Waals surface area contributed by atoms with E-state index in [0.717, 1.165) is 36.3 Å². The summed E-state index contributed by atoms with van der Waals surface area (Å²) in [6, 6.07) is 25.6. The molecule has 1 aliphatic carbocycles. The second kappa shape index (κ2) is 12.0. The molecule has 2 unspecified atom stereocenters. The van der Waals surface area contributed by atoms with Crippen molar-refractivity contribution in [3.05, 3.63) is 107 Å². The molecule has 7 nitrogen and oxygen atoms in total. The molecule has 1 saturated heterocycles. The highest BCUT2D eigenvalue weighted by atomic mass is 31.2. The first-order valence-corrected chi connectivity index (χ1v) is 14.7. The number of hydrogen-bond acceptors (Lipinski definition) is 7. The Labute approximate surface area is 230 Å². The minimum absolute atomic E-state index is 0.110. The number of likely N-dealkylation sites (N-methyl/N-ethyl adjacent to an activating group) is 1. The van der Waals surface area contributed by atoms with Crippen molar-refractivity contribution in [3.8, 4) is 11.5 Å². The van der Waals surface area contributed by atoms with Gasteiger partial charge < -0.3 is 18.9 Å². The first-order chi connectivity index (χ1) is 18.9. The van der Waals surface area contributed by atoms with Gasteiger partial charge in [-0.2, -0.15) is 0 Å². The number of likely N-dealkylation sites (tertiary alicyclic amines) is 1. The highest BCUT2D eigenvalue weighted by Crippen LogP contribution is 2.56. The average Bonchev–Trinajstić information content (AvgIpc) is 3.32. The molecule has 1 fully saturated rings.